The predicted molar refractivity (Wildman–Crippen MR) is 88.9 cm³/mol. The molecule has 4 heterocycles. The predicted octanol–water partition coefficient (Wildman–Crippen LogP) is 2.52. The Kier molecular flexibility index (Phi) is 3.27. The molecule has 1 aliphatic heterocycles. The summed E-state index contributed by atoms with van der Waals surface area (Å²) in [6.45, 7) is 2.64. The molecule has 0 aliphatic carbocycles. The molecule has 0 saturated heterocycles. The van der Waals surface area contributed by atoms with Gasteiger partial charge in [0.2, 0.25) is 0 Å². The normalized spacial score (nSPS) is 17.3. The molecule has 1 unspecified atom stereocenters. The number of aromatic nitrogens is 2. The van der Waals surface area contributed by atoms with E-state index in [1.54, 1.807) is 34.6 Å². The first-order valence-electron chi connectivity index (χ1n) is 7.50. The summed E-state index contributed by atoms with van der Waals surface area (Å²) in [6.07, 6.45) is 3.87. The lowest BCUT2D eigenvalue weighted by atomic mass is 10.0. The zero-order chi connectivity index (χ0) is 16.0. The first-order chi connectivity index (χ1) is 11.2. The number of nitrogens with zero attached hydrogens (tertiary/aromatic N) is 3. The van der Waals surface area contributed by atoms with Crippen LogP contribution in [0.4, 0.5) is 0 Å². The number of hydrogen-bond acceptors (Lipinski definition) is 4. The number of carbonyl (C=O) groups excluding carboxylic acids is 1. The van der Waals surface area contributed by atoms with Gasteiger partial charge in [0.15, 0.2) is 0 Å². The number of hydrogen-bond donors (Lipinski definition) is 0. The molecule has 3 aromatic rings. The summed E-state index contributed by atoms with van der Waals surface area (Å²) in [5.74, 6) is -0.245. The summed E-state index contributed by atoms with van der Waals surface area (Å²) >= 11 is 1.73. The van der Waals surface area contributed by atoms with Crippen LogP contribution in [0.1, 0.15) is 33.8 Å². The number of fused-ring (bicyclic) bond motifs is 2. The minimum absolute atomic E-state index is 0.0200. The first-order valence-corrected chi connectivity index (χ1v) is 8.38. The summed E-state index contributed by atoms with van der Waals surface area (Å²) in [4.78, 5) is 32.8. The maximum atomic E-state index is 12.9. The Hall–Kier alpha value is -2.47. The van der Waals surface area contributed by atoms with E-state index in [4.69, 9.17) is 0 Å². The van der Waals surface area contributed by atoms with Gasteiger partial charge < -0.3 is 4.90 Å². The average molecular weight is 325 g/mol. The van der Waals surface area contributed by atoms with Crippen LogP contribution in [0, 0.1) is 0 Å². The lowest BCUT2D eigenvalue weighted by Gasteiger charge is -2.33. The largest absolute Gasteiger partial charge is 0.331 e. The molecule has 6 heteroatoms. The van der Waals surface area contributed by atoms with Gasteiger partial charge >= 0.3 is 0 Å². The number of carbonyl (C=O) groups is 1. The van der Waals surface area contributed by atoms with Crippen molar-refractivity contribution >= 4 is 22.9 Å². The van der Waals surface area contributed by atoms with Gasteiger partial charge in [0, 0.05) is 23.8 Å². The molecule has 5 nitrogen and oxygen atoms in total. The van der Waals surface area contributed by atoms with Gasteiger partial charge in [-0.2, -0.15) is 0 Å². The molecular formula is C17H15N3O2S. The van der Waals surface area contributed by atoms with Gasteiger partial charge in [0.05, 0.1) is 6.04 Å². The Bertz CT molecular complexity index is 960. The highest BCUT2D eigenvalue weighted by atomic mass is 32.1. The summed E-state index contributed by atoms with van der Waals surface area (Å²) in [5.41, 5.74) is 1.53. The van der Waals surface area contributed by atoms with E-state index in [2.05, 4.69) is 16.4 Å². The molecule has 1 amide bonds. The third kappa shape index (κ3) is 2.17. The Labute approximate surface area is 136 Å². The Morgan fingerprint density at radius 3 is 3.09 bits per heavy atom. The molecule has 0 aromatic carbocycles. The highest BCUT2D eigenvalue weighted by molar-refractivity contribution is 7.10. The number of pyridine rings is 1. The molecule has 0 fully saturated rings. The molecule has 1 aliphatic rings. The van der Waals surface area contributed by atoms with E-state index >= 15 is 0 Å². The fraction of sp³-hybridized carbons (Fsp3) is 0.235. The van der Waals surface area contributed by atoms with Gasteiger partial charge in [-0.1, -0.05) is 6.07 Å². The van der Waals surface area contributed by atoms with E-state index in [1.165, 1.54) is 21.0 Å². The fourth-order valence-corrected chi connectivity index (χ4v) is 4.08. The number of thiophene rings is 1. The van der Waals surface area contributed by atoms with Crippen molar-refractivity contribution in [3.8, 4) is 0 Å². The highest BCUT2D eigenvalue weighted by Gasteiger charge is 2.30. The van der Waals surface area contributed by atoms with Crippen LogP contribution < -0.4 is 5.56 Å². The van der Waals surface area contributed by atoms with Crippen molar-refractivity contribution in [1.82, 2.24) is 14.3 Å². The summed E-state index contributed by atoms with van der Waals surface area (Å²) < 4.78 is 1.41. The van der Waals surface area contributed by atoms with Crippen molar-refractivity contribution in [2.75, 3.05) is 6.54 Å². The topological polar surface area (TPSA) is 54.7 Å². The molecule has 1 atom stereocenters. The van der Waals surface area contributed by atoms with Crippen LogP contribution in [0.2, 0.25) is 0 Å². The van der Waals surface area contributed by atoms with Crippen LogP contribution in [-0.2, 0) is 6.42 Å². The Morgan fingerprint density at radius 1 is 1.35 bits per heavy atom. The molecule has 0 bridgehead atoms. The lowest BCUT2D eigenvalue weighted by molar-refractivity contribution is 0.0677. The van der Waals surface area contributed by atoms with Gasteiger partial charge in [0.25, 0.3) is 11.5 Å². The van der Waals surface area contributed by atoms with Crippen LogP contribution in [-0.4, -0.2) is 26.7 Å². The Balaban J connectivity index is 1.76. The van der Waals surface area contributed by atoms with Crippen molar-refractivity contribution in [1.29, 1.82) is 0 Å². The quantitative estimate of drug-likeness (QED) is 0.691. The van der Waals surface area contributed by atoms with E-state index in [0.717, 1.165) is 6.42 Å². The summed E-state index contributed by atoms with van der Waals surface area (Å²) in [6, 6.07) is 7.36. The van der Waals surface area contributed by atoms with Crippen LogP contribution in [0.3, 0.4) is 0 Å². The van der Waals surface area contributed by atoms with Crippen molar-refractivity contribution in [2.45, 2.75) is 19.4 Å². The lowest BCUT2D eigenvalue weighted by Crippen LogP contribution is -2.41. The minimum atomic E-state index is -0.316. The van der Waals surface area contributed by atoms with Crippen LogP contribution in [0.25, 0.3) is 5.65 Å². The molecule has 0 spiro atoms. The summed E-state index contributed by atoms with van der Waals surface area (Å²) in [5, 5.41) is 2.06. The fourth-order valence-electron chi connectivity index (χ4n) is 3.12. The molecule has 0 saturated carbocycles. The summed E-state index contributed by atoms with van der Waals surface area (Å²) in [7, 11) is 0. The standard InChI is InChI=1S/C17H15N3O2S/c1-11-12-6-9-23-14(12)5-8-19(11)16(21)13-10-18-15-4-2-3-7-20(15)17(13)22/h2-4,6-7,9-11H,5,8H2,1H3. The van der Waals surface area contributed by atoms with Gasteiger partial charge in [-0.3, -0.25) is 14.0 Å². The second kappa shape index (κ2) is 5.31. The van der Waals surface area contributed by atoms with Gasteiger partial charge in [-0.05, 0) is 42.5 Å². The third-order valence-corrected chi connectivity index (χ3v) is 5.38. The van der Waals surface area contributed by atoms with Crippen molar-refractivity contribution in [3.05, 3.63) is 68.4 Å². The van der Waals surface area contributed by atoms with Crippen LogP contribution >= 0.6 is 11.3 Å². The molecule has 0 N–H and O–H groups in total. The molecule has 116 valence electrons. The Morgan fingerprint density at radius 2 is 2.22 bits per heavy atom. The second-order valence-electron chi connectivity index (χ2n) is 5.63. The zero-order valence-electron chi connectivity index (χ0n) is 12.6. The molecule has 23 heavy (non-hydrogen) atoms. The highest BCUT2D eigenvalue weighted by Crippen LogP contribution is 2.33. The zero-order valence-corrected chi connectivity index (χ0v) is 13.4. The average Bonchev–Trinajstić information content (AvgIpc) is 3.05. The monoisotopic (exact) mass is 325 g/mol. The van der Waals surface area contributed by atoms with E-state index in [-0.39, 0.29) is 23.1 Å². The molecule has 4 rings (SSSR count). The van der Waals surface area contributed by atoms with E-state index < -0.39 is 0 Å². The first kappa shape index (κ1) is 14.1. The number of rotatable bonds is 1. The van der Waals surface area contributed by atoms with E-state index in [9.17, 15) is 9.59 Å². The van der Waals surface area contributed by atoms with Crippen molar-refractivity contribution in [2.24, 2.45) is 0 Å². The minimum Gasteiger partial charge on any atom is -0.331 e. The van der Waals surface area contributed by atoms with Crippen LogP contribution in [0.15, 0.2) is 46.8 Å². The van der Waals surface area contributed by atoms with Gasteiger partial charge in [-0.25, -0.2) is 4.98 Å². The van der Waals surface area contributed by atoms with Crippen molar-refractivity contribution in [3.63, 3.8) is 0 Å². The molecule has 3 aromatic heterocycles. The van der Waals surface area contributed by atoms with Crippen LogP contribution in [0.5, 0.6) is 0 Å². The molecule has 0 radical (unpaired) electrons. The second-order valence-corrected chi connectivity index (χ2v) is 6.63. The van der Waals surface area contributed by atoms with Gasteiger partial charge in [0.1, 0.15) is 11.2 Å². The third-order valence-electron chi connectivity index (χ3n) is 4.38. The molecular weight excluding hydrogens is 310 g/mol. The number of amides is 1. The smallest absolute Gasteiger partial charge is 0.270 e. The van der Waals surface area contributed by atoms with Crippen molar-refractivity contribution < 1.29 is 4.79 Å². The maximum Gasteiger partial charge on any atom is 0.270 e. The SMILES string of the molecule is CC1c2ccsc2CCN1C(=O)c1cnc2ccccn2c1=O. The van der Waals surface area contributed by atoms with E-state index in [0.29, 0.717) is 12.2 Å². The van der Waals surface area contributed by atoms with E-state index in [1.807, 2.05) is 13.0 Å². The van der Waals surface area contributed by atoms with Gasteiger partial charge in [-0.15, -0.1) is 11.3 Å². The maximum absolute atomic E-state index is 12.9.